The zero-order chi connectivity index (χ0) is 22.4. The second kappa shape index (κ2) is 22.1. The predicted octanol–water partition coefficient (Wildman–Crippen LogP) is 5.46. The van der Waals surface area contributed by atoms with E-state index in [1.54, 1.807) is 0 Å². The van der Waals surface area contributed by atoms with Crippen molar-refractivity contribution in [1.29, 1.82) is 0 Å². The lowest BCUT2D eigenvalue weighted by Crippen LogP contribution is -2.41. The van der Waals surface area contributed by atoms with Crippen molar-refractivity contribution < 1.29 is 19.5 Å². The summed E-state index contributed by atoms with van der Waals surface area (Å²) in [6.07, 6.45) is 21.7. The maximum absolute atomic E-state index is 9.34. The molecule has 4 heteroatoms. The Kier molecular flexibility index (Phi) is 23.3. The molecule has 0 bridgehead atoms. The van der Waals surface area contributed by atoms with Crippen LogP contribution in [0.4, 0.5) is 0 Å². The van der Waals surface area contributed by atoms with Crippen molar-refractivity contribution in [2.75, 3.05) is 27.2 Å². The minimum Gasteiger partial charge on any atom is -0.547 e. The second-order valence-electron chi connectivity index (χ2n) is 9.33. The van der Waals surface area contributed by atoms with E-state index in [1.165, 1.54) is 120 Å². The van der Waals surface area contributed by atoms with Crippen molar-refractivity contribution in [3.63, 3.8) is 0 Å². The van der Waals surface area contributed by atoms with Gasteiger partial charge in [-0.3, -0.25) is 0 Å². The van der Waals surface area contributed by atoms with Crippen LogP contribution in [-0.4, -0.2) is 48.8 Å². The van der Waals surface area contributed by atoms with Gasteiger partial charge >= 0.3 is 0 Å². The van der Waals surface area contributed by atoms with Gasteiger partial charge in [-0.15, -0.1) is 0 Å². The van der Waals surface area contributed by atoms with Crippen molar-refractivity contribution in [3.8, 4) is 0 Å². The Bertz CT molecular complexity index is 321. The van der Waals surface area contributed by atoms with Gasteiger partial charge in [0.15, 0.2) is 0 Å². The lowest BCUT2D eigenvalue weighted by Gasteiger charge is -2.30. The van der Waals surface area contributed by atoms with Gasteiger partial charge in [0.1, 0.15) is 0 Å². The topological polar surface area (TPSA) is 60.4 Å². The van der Waals surface area contributed by atoms with Gasteiger partial charge in [-0.05, 0) is 32.6 Å². The van der Waals surface area contributed by atoms with Crippen LogP contribution in [0.1, 0.15) is 124 Å². The number of carboxylic acid groups (broad SMARTS) is 1. The minimum atomic E-state index is -1.44. The predicted molar refractivity (Wildman–Crippen MR) is 124 cm³/mol. The summed E-state index contributed by atoms with van der Waals surface area (Å²) >= 11 is 0. The number of aliphatic carboxylic acids is 1. The molecule has 0 aromatic carbocycles. The summed E-state index contributed by atoms with van der Waals surface area (Å²) in [5.74, 6) is -1.44. The van der Waals surface area contributed by atoms with Gasteiger partial charge < -0.3 is 19.5 Å². The van der Waals surface area contributed by atoms with E-state index >= 15 is 0 Å². The summed E-state index contributed by atoms with van der Waals surface area (Å²) < 4.78 is 1.24. The Labute approximate surface area is 182 Å². The Hall–Kier alpha value is -0.610. The highest BCUT2D eigenvalue weighted by atomic mass is 16.4. The highest BCUT2D eigenvalue weighted by molar-refractivity contribution is 5.68. The fraction of sp³-hybridized carbons (Fsp3) is 0.960. The summed E-state index contributed by atoms with van der Waals surface area (Å²) in [5.41, 5.74) is 0. The number of hydrogen-bond acceptors (Lipinski definition) is 3. The maximum Gasteiger partial charge on any atom is 0.0905 e. The molecule has 0 aliphatic heterocycles. The number of carbonyl (C=O) groups is 1. The average molecular weight is 416 g/mol. The van der Waals surface area contributed by atoms with Gasteiger partial charge in [0, 0.05) is 0 Å². The molecule has 1 N–H and O–H groups in total. The molecule has 0 fully saturated rings. The monoisotopic (exact) mass is 415 g/mol. The molecule has 1 atom stereocenters. The molecular weight excluding hydrogens is 362 g/mol. The van der Waals surface area contributed by atoms with Crippen LogP contribution in [0, 0.1) is 0 Å². The normalized spacial score (nSPS) is 12.3. The van der Waals surface area contributed by atoms with E-state index in [0.717, 1.165) is 6.92 Å². The molecule has 0 aliphatic rings. The number of unbranched alkanes of at least 4 members (excludes halogenated alkanes) is 14. The summed E-state index contributed by atoms with van der Waals surface area (Å²) in [4.78, 5) is 9.34. The molecule has 0 rings (SSSR count). The van der Waals surface area contributed by atoms with E-state index in [2.05, 4.69) is 27.9 Å². The summed E-state index contributed by atoms with van der Waals surface area (Å²) in [6.45, 7) is 8.49. The van der Waals surface area contributed by atoms with Gasteiger partial charge in [0.2, 0.25) is 0 Å². The number of hydrogen-bond donors (Lipinski definition) is 1. The number of rotatable bonds is 19. The van der Waals surface area contributed by atoms with Crippen LogP contribution < -0.4 is 5.11 Å². The quantitative estimate of drug-likeness (QED) is 0.225. The van der Waals surface area contributed by atoms with E-state index in [-0.39, 0.29) is 0 Å². The van der Waals surface area contributed by atoms with Gasteiger partial charge in [-0.25, -0.2) is 0 Å². The first kappa shape index (κ1) is 30.6. The highest BCUT2D eigenvalue weighted by Gasteiger charge is 2.13. The molecule has 0 heterocycles. The minimum absolute atomic E-state index is 1.13. The van der Waals surface area contributed by atoms with Gasteiger partial charge in [-0.2, -0.15) is 0 Å². The summed E-state index contributed by atoms with van der Waals surface area (Å²) in [5, 5.41) is 17.3. The van der Waals surface area contributed by atoms with Gasteiger partial charge in [0.25, 0.3) is 0 Å². The van der Waals surface area contributed by atoms with Crippen molar-refractivity contribution in [2.24, 2.45) is 0 Å². The number of quaternary nitrogens is 1. The molecule has 0 aromatic rings. The molecule has 0 radical (unpaired) electrons. The highest BCUT2D eigenvalue weighted by Crippen LogP contribution is 2.13. The third-order valence-electron chi connectivity index (χ3n) is 5.58. The lowest BCUT2D eigenvalue weighted by molar-refractivity contribution is -0.890. The van der Waals surface area contributed by atoms with E-state index in [1.807, 2.05) is 0 Å². The maximum atomic E-state index is 9.34. The Morgan fingerprint density at radius 2 is 0.931 bits per heavy atom. The first-order valence-electron chi connectivity index (χ1n) is 12.5. The molecule has 0 saturated heterocycles. The van der Waals surface area contributed by atoms with Crippen LogP contribution in [0.3, 0.4) is 0 Å². The summed E-state index contributed by atoms with van der Waals surface area (Å²) in [7, 11) is 4.87. The summed E-state index contributed by atoms with van der Waals surface area (Å²) in [6, 6.07) is 0. The molecule has 4 nitrogen and oxygen atoms in total. The molecule has 0 amide bonds. The Morgan fingerprint density at radius 3 is 1.17 bits per heavy atom. The van der Waals surface area contributed by atoms with Crippen molar-refractivity contribution in [1.82, 2.24) is 0 Å². The average Bonchev–Trinajstić information content (AvgIpc) is 2.66. The van der Waals surface area contributed by atoms with Crippen molar-refractivity contribution >= 4 is 5.97 Å². The Balaban J connectivity index is 0. The number of aliphatic hydroxyl groups is 1. The molecule has 1 unspecified atom stereocenters. The van der Waals surface area contributed by atoms with E-state index in [9.17, 15) is 9.90 Å². The molecule has 0 aliphatic carbocycles. The number of aliphatic hydroxyl groups excluding tert-OH is 1. The molecule has 0 spiro atoms. The SMILES string of the molecule is CC(O)C(=O)[O-].CCCCCCCCCC[N+](C)(C)CCCCCCCCCC. The largest absolute Gasteiger partial charge is 0.547 e. The lowest BCUT2D eigenvalue weighted by atomic mass is 10.1. The zero-order valence-corrected chi connectivity index (χ0v) is 20.5. The molecular formula is C25H53NO3. The smallest absolute Gasteiger partial charge is 0.0905 e. The zero-order valence-electron chi connectivity index (χ0n) is 20.5. The van der Waals surface area contributed by atoms with E-state index in [4.69, 9.17) is 5.11 Å². The van der Waals surface area contributed by atoms with Gasteiger partial charge in [0.05, 0.1) is 39.3 Å². The fourth-order valence-electron chi connectivity index (χ4n) is 3.46. The standard InChI is InChI=1S/C22H48N.C3H6O3/c1-5-7-9-11-13-15-17-19-21-23(3,4)22-20-18-16-14-12-10-8-6-2;1-2(4)3(5)6/h5-22H2,1-4H3;2,4H,1H3,(H,5,6)/q+1;/p-1. The number of carboxylic acids is 1. The molecule has 0 aromatic heterocycles. The van der Waals surface area contributed by atoms with Crippen LogP contribution >= 0.6 is 0 Å². The molecule has 176 valence electrons. The van der Waals surface area contributed by atoms with Crippen molar-refractivity contribution in [2.45, 2.75) is 130 Å². The van der Waals surface area contributed by atoms with Gasteiger partial charge in [-0.1, -0.05) is 90.9 Å². The number of carbonyl (C=O) groups excluding carboxylic acids is 1. The second-order valence-corrected chi connectivity index (χ2v) is 9.33. The Morgan fingerprint density at radius 1 is 0.690 bits per heavy atom. The third-order valence-corrected chi connectivity index (χ3v) is 5.58. The number of nitrogens with zero attached hydrogens (tertiary/aromatic N) is 1. The van der Waals surface area contributed by atoms with E-state index < -0.39 is 12.1 Å². The van der Waals surface area contributed by atoms with Crippen LogP contribution in [0.2, 0.25) is 0 Å². The molecule has 0 saturated carbocycles. The first-order valence-corrected chi connectivity index (χ1v) is 12.5. The van der Waals surface area contributed by atoms with Crippen molar-refractivity contribution in [3.05, 3.63) is 0 Å². The third kappa shape index (κ3) is 27.4. The van der Waals surface area contributed by atoms with Crippen LogP contribution in [0.25, 0.3) is 0 Å². The fourth-order valence-corrected chi connectivity index (χ4v) is 3.46. The van der Waals surface area contributed by atoms with Crippen LogP contribution in [0.15, 0.2) is 0 Å². The van der Waals surface area contributed by atoms with Crippen LogP contribution in [-0.2, 0) is 4.79 Å². The first-order chi connectivity index (χ1) is 13.8. The van der Waals surface area contributed by atoms with Crippen LogP contribution in [0.5, 0.6) is 0 Å². The van der Waals surface area contributed by atoms with E-state index in [0.29, 0.717) is 0 Å². The molecule has 29 heavy (non-hydrogen) atoms.